The molecule has 1 N–H and O–H groups in total. The topological polar surface area (TPSA) is 57.2 Å². The average Bonchev–Trinajstić information content (AvgIpc) is 3.10. The van der Waals surface area contributed by atoms with E-state index in [2.05, 4.69) is 26.1 Å². The molecule has 2 aliphatic heterocycles. The summed E-state index contributed by atoms with van der Waals surface area (Å²) in [6.45, 7) is 3.70. The minimum absolute atomic E-state index is 0.777. The summed E-state index contributed by atoms with van der Waals surface area (Å²) < 4.78 is 0. The van der Waals surface area contributed by atoms with E-state index in [0.717, 1.165) is 61.1 Å². The van der Waals surface area contributed by atoms with Crippen molar-refractivity contribution >= 4 is 28.2 Å². The minimum atomic E-state index is 0.777. The van der Waals surface area contributed by atoms with E-state index >= 15 is 0 Å². The molecule has 0 atom stereocenters. The lowest BCUT2D eigenvalue weighted by molar-refractivity contribution is 0.243. The molecule has 5 rings (SSSR count). The number of aliphatic imine (C=N–C) groups is 1. The molecular formula is C21H22ClN5. The Morgan fingerprint density at radius 1 is 1.19 bits per heavy atom. The number of hydrogen-bond donors (Lipinski definition) is 1. The van der Waals surface area contributed by atoms with Gasteiger partial charge in [0, 0.05) is 66.5 Å². The van der Waals surface area contributed by atoms with Crippen molar-refractivity contribution in [3.8, 4) is 0 Å². The molecule has 27 heavy (non-hydrogen) atoms. The van der Waals surface area contributed by atoms with Gasteiger partial charge in [0.25, 0.3) is 0 Å². The van der Waals surface area contributed by atoms with Crippen LogP contribution >= 0.6 is 11.6 Å². The van der Waals surface area contributed by atoms with E-state index in [1.54, 1.807) is 0 Å². The fourth-order valence-electron chi connectivity index (χ4n) is 4.05. The molecule has 0 unspecified atom stereocenters. The number of aromatic nitrogens is 3. The Morgan fingerprint density at radius 3 is 3.04 bits per heavy atom. The number of halogens is 1. The first-order valence-electron chi connectivity index (χ1n) is 9.62. The highest BCUT2D eigenvalue weighted by atomic mass is 35.5. The smallest absolute Gasteiger partial charge is 0.173 e. The van der Waals surface area contributed by atoms with Gasteiger partial charge in [-0.1, -0.05) is 11.6 Å². The quantitative estimate of drug-likeness (QED) is 0.743. The molecule has 0 saturated heterocycles. The maximum atomic E-state index is 6.18. The molecule has 5 nitrogen and oxygen atoms in total. The highest BCUT2D eigenvalue weighted by molar-refractivity contribution is 6.31. The first-order valence-corrected chi connectivity index (χ1v) is 10.0. The number of rotatable bonds is 3. The van der Waals surface area contributed by atoms with Crippen LogP contribution in [0.2, 0.25) is 5.02 Å². The second-order valence-electron chi connectivity index (χ2n) is 7.42. The molecule has 0 spiro atoms. The summed E-state index contributed by atoms with van der Waals surface area (Å²) in [5, 5.41) is 1.98. The Morgan fingerprint density at radius 2 is 2.15 bits per heavy atom. The number of nitrogens with one attached hydrogen (secondary N) is 1. The van der Waals surface area contributed by atoms with Crippen LogP contribution < -0.4 is 0 Å². The molecule has 0 fully saturated rings. The van der Waals surface area contributed by atoms with Gasteiger partial charge in [-0.25, -0.2) is 9.97 Å². The van der Waals surface area contributed by atoms with Crippen molar-refractivity contribution in [2.45, 2.75) is 38.8 Å². The van der Waals surface area contributed by atoms with E-state index in [1.807, 2.05) is 24.4 Å². The van der Waals surface area contributed by atoms with Crippen molar-refractivity contribution in [2.75, 3.05) is 13.1 Å². The summed E-state index contributed by atoms with van der Waals surface area (Å²) in [6, 6.07) is 6.00. The van der Waals surface area contributed by atoms with Crippen molar-refractivity contribution in [3.05, 3.63) is 58.3 Å². The highest BCUT2D eigenvalue weighted by Crippen LogP contribution is 2.26. The van der Waals surface area contributed by atoms with Gasteiger partial charge >= 0.3 is 0 Å². The van der Waals surface area contributed by atoms with Gasteiger partial charge < -0.3 is 4.98 Å². The van der Waals surface area contributed by atoms with Crippen molar-refractivity contribution < 1.29 is 0 Å². The Kier molecular flexibility index (Phi) is 4.42. The van der Waals surface area contributed by atoms with Crippen molar-refractivity contribution in [1.29, 1.82) is 0 Å². The molecule has 2 aromatic heterocycles. The van der Waals surface area contributed by atoms with Gasteiger partial charge in [-0.3, -0.25) is 9.89 Å². The molecule has 3 aromatic rings. The van der Waals surface area contributed by atoms with E-state index in [-0.39, 0.29) is 0 Å². The fraction of sp³-hybridized carbons (Fsp3) is 0.381. The number of hydrogen-bond acceptors (Lipinski definition) is 4. The van der Waals surface area contributed by atoms with Gasteiger partial charge in [0.15, 0.2) is 5.82 Å². The summed E-state index contributed by atoms with van der Waals surface area (Å²) in [5.41, 5.74) is 5.92. The lowest BCUT2D eigenvalue weighted by atomic mass is 10.0. The molecule has 0 saturated carbocycles. The van der Waals surface area contributed by atoms with E-state index in [1.165, 1.54) is 35.0 Å². The fourth-order valence-corrected chi connectivity index (χ4v) is 4.22. The van der Waals surface area contributed by atoms with Crippen molar-refractivity contribution in [1.82, 2.24) is 19.9 Å². The van der Waals surface area contributed by atoms with Crippen LogP contribution in [0.4, 0.5) is 0 Å². The second-order valence-corrected chi connectivity index (χ2v) is 7.85. The standard InChI is InChI=1S/C21H22ClN5/c22-16-4-5-19-17(9-16)14(10-24-19)12-27-8-6-18-15(13-27)11-25-21(26-18)20-3-1-2-7-23-20/h4-5,9-11,24H,1-3,6-8,12-13H2. The van der Waals surface area contributed by atoms with Crippen LogP contribution in [0.15, 0.2) is 35.6 Å². The third kappa shape index (κ3) is 3.37. The summed E-state index contributed by atoms with van der Waals surface area (Å²) in [6.07, 6.45) is 8.45. The zero-order valence-corrected chi connectivity index (χ0v) is 16.0. The van der Waals surface area contributed by atoms with Crippen LogP contribution in [0.5, 0.6) is 0 Å². The zero-order valence-electron chi connectivity index (χ0n) is 15.2. The molecular weight excluding hydrogens is 358 g/mol. The van der Waals surface area contributed by atoms with Crippen LogP contribution in [0.1, 0.15) is 41.9 Å². The molecule has 0 amide bonds. The van der Waals surface area contributed by atoms with Crippen LogP contribution in [0, 0.1) is 0 Å². The number of H-pyrrole nitrogens is 1. The SMILES string of the molecule is Clc1ccc2[nH]cc(CN3CCc4nc(C5=NCCCC5)ncc4C3)c2c1. The minimum Gasteiger partial charge on any atom is -0.361 e. The van der Waals surface area contributed by atoms with E-state index in [9.17, 15) is 0 Å². The molecule has 1 aromatic carbocycles. The van der Waals surface area contributed by atoms with Crippen LogP contribution in [0.25, 0.3) is 10.9 Å². The molecule has 2 aliphatic rings. The molecule has 4 heterocycles. The normalized spacial score (nSPS) is 17.7. The van der Waals surface area contributed by atoms with E-state index in [4.69, 9.17) is 16.6 Å². The number of benzene rings is 1. The summed E-state index contributed by atoms with van der Waals surface area (Å²) in [5.74, 6) is 0.841. The lowest BCUT2D eigenvalue weighted by Crippen LogP contribution is -2.31. The van der Waals surface area contributed by atoms with Gasteiger partial charge in [0.05, 0.1) is 11.4 Å². The van der Waals surface area contributed by atoms with E-state index in [0.29, 0.717) is 0 Å². The first-order chi connectivity index (χ1) is 13.3. The predicted octanol–water partition coefficient (Wildman–Crippen LogP) is 4.14. The summed E-state index contributed by atoms with van der Waals surface area (Å²) >= 11 is 6.18. The third-order valence-electron chi connectivity index (χ3n) is 5.52. The molecule has 0 aliphatic carbocycles. The largest absolute Gasteiger partial charge is 0.361 e. The van der Waals surface area contributed by atoms with Gasteiger partial charge in [-0.2, -0.15) is 0 Å². The highest BCUT2D eigenvalue weighted by Gasteiger charge is 2.21. The van der Waals surface area contributed by atoms with Crippen LogP contribution in [-0.4, -0.2) is 38.7 Å². The number of nitrogens with zero attached hydrogens (tertiary/aromatic N) is 4. The molecule has 0 radical (unpaired) electrons. The second kappa shape index (κ2) is 7.06. The molecule has 6 heteroatoms. The Bertz CT molecular complexity index is 1020. The van der Waals surface area contributed by atoms with Crippen LogP contribution in [0.3, 0.4) is 0 Å². The maximum absolute atomic E-state index is 6.18. The van der Waals surface area contributed by atoms with Gasteiger partial charge in [0.1, 0.15) is 0 Å². The molecule has 0 bridgehead atoms. The number of fused-ring (bicyclic) bond motifs is 2. The van der Waals surface area contributed by atoms with Gasteiger partial charge in [-0.05, 0) is 43.0 Å². The maximum Gasteiger partial charge on any atom is 0.173 e. The first kappa shape index (κ1) is 16.9. The predicted molar refractivity (Wildman–Crippen MR) is 108 cm³/mol. The van der Waals surface area contributed by atoms with Gasteiger partial charge in [-0.15, -0.1) is 0 Å². The van der Waals surface area contributed by atoms with Crippen molar-refractivity contribution in [2.24, 2.45) is 4.99 Å². The summed E-state index contributed by atoms with van der Waals surface area (Å²) in [4.78, 5) is 19.9. The number of aromatic amines is 1. The monoisotopic (exact) mass is 379 g/mol. The Hall–Kier alpha value is -2.24. The van der Waals surface area contributed by atoms with Crippen LogP contribution in [-0.2, 0) is 19.5 Å². The van der Waals surface area contributed by atoms with Gasteiger partial charge in [0.2, 0.25) is 0 Å². The summed E-state index contributed by atoms with van der Waals surface area (Å²) in [7, 11) is 0. The third-order valence-corrected chi connectivity index (χ3v) is 5.75. The van der Waals surface area contributed by atoms with Crippen molar-refractivity contribution in [3.63, 3.8) is 0 Å². The lowest BCUT2D eigenvalue weighted by Gasteiger charge is -2.28. The molecule has 138 valence electrons. The van der Waals surface area contributed by atoms with E-state index < -0.39 is 0 Å². The average molecular weight is 380 g/mol. The Balaban J connectivity index is 1.35. The Labute approximate surface area is 163 Å². The zero-order chi connectivity index (χ0) is 18.2.